The van der Waals surface area contributed by atoms with Crippen LogP contribution in [0, 0.1) is 0 Å². The van der Waals surface area contributed by atoms with Gasteiger partial charge in [-0.3, -0.25) is 4.90 Å². The quantitative estimate of drug-likeness (QED) is 0.800. The Morgan fingerprint density at radius 3 is 2.94 bits per heavy atom. The molecule has 4 heteroatoms. The van der Waals surface area contributed by atoms with Crippen LogP contribution in [0.4, 0.5) is 0 Å². The zero-order valence-electron chi connectivity index (χ0n) is 10.4. The first-order chi connectivity index (χ1) is 8.42. The Hall–Kier alpha value is -0.870. The molecule has 2 heterocycles. The third kappa shape index (κ3) is 3.07. The molecule has 0 radical (unpaired) electrons. The first-order valence-corrected chi connectivity index (χ1v) is 6.85. The number of nitrogens with one attached hydrogen (secondary N) is 1. The molecule has 1 aromatic heterocycles. The average molecular weight is 234 g/mol. The molecular weight excluding hydrogens is 212 g/mol. The summed E-state index contributed by atoms with van der Waals surface area (Å²) in [7, 11) is 0. The Balaban J connectivity index is 1.49. The maximum absolute atomic E-state index is 4.10. The minimum Gasteiger partial charge on any atom is -0.336 e. The van der Waals surface area contributed by atoms with Crippen LogP contribution in [-0.2, 0) is 6.54 Å². The molecule has 1 aliphatic carbocycles. The van der Waals surface area contributed by atoms with Gasteiger partial charge in [-0.15, -0.1) is 0 Å². The second-order valence-electron chi connectivity index (χ2n) is 5.32. The van der Waals surface area contributed by atoms with Gasteiger partial charge in [-0.05, 0) is 32.2 Å². The normalized spacial score (nSPS) is 24.6. The number of hydrogen-bond donors (Lipinski definition) is 1. The molecule has 3 rings (SSSR count). The van der Waals surface area contributed by atoms with Crippen LogP contribution < -0.4 is 5.32 Å². The minimum absolute atomic E-state index is 0.735. The largest absolute Gasteiger partial charge is 0.336 e. The third-order valence-electron chi connectivity index (χ3n) is 3.89. The predicted molar refractivity (Wildman–Crippen MR) is 67.8 cm³/mol. The Morgan fingerprint density at radius 1 is 1.35 bits per heavy atom. The molecule has 2 aliphatic rings. The summed E-state index contributed by atoms with van der Waals surface area (Å²) in [6, 6.07) is 1.60. The molecule has 1 aromatic rings. The molecule has 17 heavy (non-hydrogen) atoms. The fraction of sp³-hybridized carbons (Fsp3) is 0.769. The van der Waals surface area contributed by atoms with Crippen LogP contribution in [0.3, 0.4) is 0 Å². The molecule has 0 spiro atoms. The van der Waals surface area contributed by atoms with Crippen molar-refractivity contribution in [3.05, 3.63) is 18.7 Å². The number of rotatable bonds is 6. The lowest BCUT2D eigenvalue weighted by Crippen LogP contribution is -2.40. The highest BCUT2D eigenvalue weighted by Crippen LogP contribution is 2.27. The molecule has 1 aliphatic heterocycles. The van der Waals surface area contributed by atoms with Gasteiger partial charge in [-0.25, -0.2) is 4.98 Å². The first kappa shape index (κ1) is 11.2. The molecule has 1 atom stereocenters. The summed E-state index contributed by atoms with van der Waals surface area (Å²) < 4.78 is 2.18. The van der Waals surface area contributed by atoms with Crippen molar-refractivity contribution in [1.29, 1.82) is 0 Å². The lowest BCUT2D eigenvalue weighted by molar-refractivity contribution is 0.230. The standard InChI is InChI=1S/C13H22N4/c1-2-12(15-5-1)10-17(13-3-4-13)9-8-16-7-6-14-11-16/h6-7,11-13,15H,1-5,8-10H2. The highest BCUT2D eigenvalue weighted by Gasteiger charge is 2.30. The van der Waals surface area contributed by atoms with Gasteiger partial charge in [0.05, 0.1) is 6.33 Å². The van der Waals surface area contributed by atoms with Crippen LogP contribution in [0.15, 0.2) is 18.7 Å². The topological polar surface area (TPSA) is 33.1 Å². The summed E-state index contributed by atoms with van der Waals surface area (Å²) in [5.41, 5.74) is 0. The molecule has 94 valence electrons. The van der Waals surface area contributed by atoms with Crippen LogP contribution in [0.1, 0.15) is 25.7 Å². The van der Waals surface area contributed by atoms with Crippen molar-refractivity contribution in [3.8, 4) is 0 Å². The second-order valence-corrected chi connectivity index (χ2v) is 5.32. The van der Waals surface area contributed by atoms with Crippen molar-refractivity contribution in [3.63, 3.8) is 0 Å². The molecule has 1 saturated heterocycles. The van der Waals surface area contributed by atoms with Crippen LogP contribution in [0.2, 0.25) is 0 Å². The monoisotopic (exact) mass is 234 g/mol. The van der Waals surface area contributed by atoms with E-state index in [9.17, 15) is 0 Å². The first-order valence-electron chi connectivity index (χ1n) is 6.85. The Labute approximate surface area is 103 Å². The van der Waals surface area contributed by atoms with Crippen molar-refractivity contribution in [2.75, 3.05) is 19.6 Å². The lowest BCUT2D eigenvalue weighted by Gasteiger charge is -2.25. The molecular formula is C13H22N4. The van der Waals surface area contributed by atoms with Crippen molar-refractivity contribution >= 4 is 0 Å². The van der Waals surface area contributed by atoms with Gasteiger partial charge in [0.1, 0.15) is 0 Å². The number of hydrogen-bond acceptors (Lipinski definition) is 3. The second kappa shape index (κ2) is 5.19. The van der Waals surface area contributed by atoms with E-state index in [1.807, 2.05) is 12.5 Å². The Kier molecular flexibility index (Phi) is 3.43. The van der Waals surface area contributed by atoms with Crippen LogP contribution in [0.5, 0.6) is 0 Å². The molecule has 0 amide bonds. The van der Waals surface area contributed by atoms with Gasteiger partial charge >= 0.3 is 0 Å². The van der Waals surface area contributed by atoms with Gasteiger partial charge in [-0.1, -0.05) is 0 Å². The molecule has 1 N–H and O–H groups in total. The van der Waals surface area contributed by atoms with Crippen LogP contribution in [0.25, 0.3) is 0 Å². The van der Waals surface area contributed by atoms with E-state index in [2.05, 4.69) is 26.0 Å². The Bertz CT molecular complexity index is 325. The molecule has 0 aromatic carbocycles. The molecule has 0 bridgehead atoms. The van der Waals surface area contributed by atoms with Gasteiger partial charge in [0, 0.05) is 44.1 Å². The van der Waals surface area contributed by atoms with E-state index < -0.39 is 0 Å². The van der Waals surface area contributed by atoms with Crippen molar-refractivity contribution in [2.45, 2.75) is 44.3 Å². The third-order valence-corrected chi connectivity index (χ3v) is 3.89. The van der Waals surface area contributed by atoms with E-state index in [1.165, 1.54) is 45.3 Å². The van der Waals surface area contributed by atoms with Gasteiger partial charge in [0.25, 0.3) is 0 Å². The summed E-state index contributed by atoms with van der Waals surface area (Å²) in [5, 5.41) is 3.60. The summed E-state index contributed by atoms with van der Waals surface area (Å²) in [6.07, 6.45) is 11.3. The van der Waals surface area contributed by atoms with Gasteiger partial charge < -0.3 is 9.88 Å². The van der Waals surface area contributed by atoms with Crippen molar-refractivity contribution in [2.24, 2.45) is 0 Å². The lowest BCUT2D eigenvalue weighted by atomic mass is 10.2. The van der Waals surface area contributed by atoms with Crippen LogP contribution >= 0.6 is 0 Å². The van der Waals surface area contributed by atoms with E-state index in [4.69, 9.17) is 0 Å². The molecule has 2 fully saturated rings. The summed E-state index contributed by atoms with van der Waals surface area (Å²) >= 11 is 0. The van der Waals surface area contributed by atoms with Crippen molar-refractivity contribution < 1.29 is 0 Å². The Morgan fingerprint density at radius 2 is 2.29 bits per heavy atom. The van der Waals surface area contributed by atoms with Crippen molar-refractivity contribution in [1.82, 2.24) is 19.8 Å². The molecule has 4 nitrogen and oxygen atoms in total. The summed E-state index contributed by atoms with van der Waals surface area (Å²) in [6.45, 7) is 4.69. The summed E-state index contributed by atoms with van der Waals surface area (Å²) in [4.78, 5) is 6.77. The highest BCUT2D eigenvalue weighted by molar-refractivity contribution is 4.88. The molecule has 1 saturated carbocycles. The fourth-order valence-corrected chi connectivity index (χ4v) is 2.72. The van der Waals surface area contributed by atoms with E-state index in [1.54, 1.807) is 0 Å². The number of aromatic nitrogens is 2. The van der Waals surface area contributed by atoms with Gasteiger partial charge in [-0.2, -0.15) is 0 Å². The smallest absolute Gasteiger partial charge is 0.0946 e. The number of imidazole rings is 1. The highest BCUT2D eigenvalue weighted by atomic mass is 15.2. The average Bonchev–Trinajstić information content (AvgIpc) is 2.85. The maximum Gasteiger partial charge on any atom is 0.0946 e. The summed E-state index contributed by atoms with van der Waals surface area (Å²) in [5.74, 6) is 0. The van der Waals surface area contributed by atoms with Crippen LogP contribution in [-0.4, -0.2) is 46.2 Å². The van der Waals surface area contributed by atoms with E-state index in [0.717, 1.165) is 18.6 Å². The predicted octanol–water partition coefficient (Wildman–Crippen LogP) is 1.10. The molecule has 1 unspecified atom stereocenters. The van der Waals surface area contributed by atoms with E-state index in [-0.39, 0.29) is 0 Å². The van der Waals surface area contributed by atoms with E-state index in [0.29, 0.717) is 0 Å². The fourth-order valence-electron chi connectivity index (χ4n) is 2.72. The maximum atomic E-state index is 4.10. The SMILES string of the molecule is c1cn(CCN(CC2CCCN2)C2CC2)cn1. The zero-order valence-corrected chi connectivity index (χ0v) is 10.4. The van der Waals surface area contributed by atoms with Gasteiger partial charge in [0.2, 0.25) is 0 Å². The van der Waals surface area contributed by atoms with Gasteiger partial charge in [0.15, 0.2) is 0 Å². The van der Waals surface area contributed by atoms with E-state index >= 15 is 0 Å². The number of nitrogens with zero attached hydrogens (tertiary/aromatic N) is 3. The zero-order chi connectivity index (χ0) is 11.5. The minimum atomic E-state index is 0.735.